The van der Waals surface area contributed by atoms with E-state index in [0.29, 0.717) is 11.4 Å². The summed E-state index contributed by atoms with van der Waals surface area (Å²) >= 11 is 1.03. The van der Waals surface area contributed by atoms with Crippen molar-refractivity contribution in [3.63, 3.8) is 0 Å². The van der Waals surface area contributed by atoms with E-state index in [1.165, 1.54) is 21.6 Å². The number of thioether (sulfide) groups is 1. The minimum absolute atomic E-state index is 0.190. The highest BCUT2D eigenvalue weighted by Crippen LogP contribution is 2.34. The number of aromatic nitrogens is 1. The molecule has 4 aromatic rings. The summed E-state index contributed by atoms with van der Waals surface area (Å²) in [5.74, 6) is -0.199. The average Bonchev–Trinajstić information content (AvgIpc) is 3.33. The Morgan fingerprint density at radius 1 is 0.806 bits per heavy atom. The van der Waals surface area contributed by atoms with Crippen LogP contribution in [0.4, 0.5) is 4.79 Å². The van der Waals surface area contributed by atoms with E-state index in [2.05, 4.69) is 66.1 Å². The Morgan fingerprint density at radius 3 is 2.14 bits per heavy atom. The van der Waals surface area contributed by atoms with Gasteiger partial charge in [-0.15, -0.1) is 0 Å². The van der Waals surface area contributed by atoms with Crippen molar-refractivity contribution in [2.45, 2.75) is 26.7 Å². The van der Waals surface area contributed by atoms with E-state index in [1.54, 1.807) is 0 Å². The fraction of sp³-hybridized carbons (Fsp3) is 0.161. The van der Waals surface area contributed by atoms with Crippen LogP contribution in [0, 0.1) is 13.8 Å². The van der Waals surface area contributed by atoms with E-state index in [0.717, 1.165) is 47.2 Å². The quantitative estimate of drug-likeness (QED) is 0.252. The Hall–Kier alpha value is -3.83. The normalized spacial score (nSPS) is 14.7. The number of nitrogens with zero attached hydrogens (tertiary/aromatic N) is 2. The smallest absolute Gasteiger partial charge is 0.293 e. The van der Waals surface area contributed by atoms with Gasteiger partial charge in [-0.05, 0) is 85.0 Å². The van der Waals surface area contributed by atoms with Gasteiger partial charge in [0.15, 0.2) is 0 Å². The van der Waals surface area contributed by atoms with Gasteiger partial charge in [-0.2, -0.15) is 0 Å². The summed E-state index contributed by atoms with van der Waals surface area (Å²) in [6, 6.07) is 31.0. The number of rotatable bonds is 7. The zero-order valence-electron chi connectivity index (χ0n) is 20.5. The highest BCUT2D eigenvalue weighted by Gasteiger charge is 2.34. The standard InChI is InChI=1S/C31H28N2O2S/c1-22-20-27(23(2)33(22)28-17-15-26(16-18-28)25-13-7-4-8-14-25)21-29-30(34)32(31(35)36-29)19-9-12-24-10-5-3-6-11-24/h3-8,10-11,13-18,20-21H,9,12,19H2,1-2H3/b29-21-. The molecule has 3 aromatic carbocycles. The van der Waals surface area contributed by atoms with Crippen LogP contribution in [-0.4, -0.2) is 27.2 Å². The van der Waals surface area contributed by atoms with Crippen molar-refractivity contribution >= 4 is 29.0 Å². The molecule has 180 valence electrons. The molecule has 0 saturated carbocycles. The lowest BCUT2D eigenvalue weighted by atomic mass is 10.1. The van der Waals surface area contributed by atoms with Gasteiger partial charge in [0, 0.05) is 23.6 Å². The molecule has 1 aromatic heterocycles. The Morgan fingerprint density at radius 2 is 1.44 bits per heavy atom. The van der Waals surface area contributed by atoms with Crippen LogP contribution >= 0.6 is 11.8 Å². The number of amides is 2. The maximum atomic E-state index is 13.0. The number of benzene rings is 3. The van der Waals surface area contributed by atoms with Crippen LogP contribution in [0.25, 0.3) is 22.9 Å². The Labute approximate surface area is 216 Å². The van der Waals surface area contributed by atoms with Gasteiger partial charge in [0.05, 0.1) is 4.91 Å². The number of carbonyl (C=O) groups excluding carboxylic acids is 2. The molecule has 2 heterocycles. The van der Waals surface area contributed by atoms with Crippen molar-refractivity contribution in [3.05, 3.63) is 118 Å². The summed E-state index contributed by atoms with van der Waals surface area (Å²) in [4.78, 5) is 27.5. The molecular formula is C31H28N2O2S. The molecule has 0 atom stereocenters. The third kappa shape index (κ3) is 4.93. The van der Waals surface area contributed by atoms with Crippen LogP contribution in [0.3, 0.4) is 0 Å². The molecule has 36 heavy (non-hydrogen) atoms. The van der Waals surface area contributed by atoms with Gasteiger partial charge < -0.3 is 4.57 Å². The molecule has 1 aliphatic rings. The van der Waals surface area contributed by atoms with Gasteiger partial charge in [-0.1, -0.05) is 72.8 Å². The number of hydrogen-bond donors (Lipinski definition) is 0. The first-order valence-electron chi connectivity index (χ1n) is 12.2. The van der Waals surface area contributed by atoms with Crippen LogP contribution in [0.1, 0.15) is 28.9 Å². The summed E-state index contributed by atoms with van der Waals surface area (Å²) in [6.07, 6.45) is 3.45. The molecular weight excluding hydrogens is 464 g/mol. The lowest BCUT2D eigenvalue weighted by Crippen LogP contribution is -2.29. The van der Waals surface area contributed by atoms with E-state index in [1.807, 2.05) is 49.4 Å². The van der Waals surface area contributed by atoms with Crippen molar-refractivity contribution in [3.8, 4) is 16.8 Å². The maximum Gasteiger partial charge on any atom is 0.293 e. The van der Waals surface area contributed by atoms with Gasteiger partial charge in [0.1, 0.15) is 0 Å². The molecule has 1 fully saturated rings. The zero-order valence-corrected chi connectivity index (χ0v) is 21.3. The van der Waals surface area contributed by atoms with Crippen molar-refractivity contribution in [2.24, 2.45) is 0 Å². The van der Waals surface area contributed by atoms with Crippen LogP contribution in [-0.2, 0) is 11.2 Å². The Bertz CT molecular complexity index is 1420. The summed E-state index contributed by atoms with van der Waals surface area (Å²) < 4.78 is 2.19. The van der Waals surface area contributed by atoms with Gasteiger partial charge in [-0.3, -0.25) is 14.5 Å². The zero-order chi connectivity index (χ0) is 25.1. The molecule has 2 amide bonds. The second-order valence-electron chi connectivity index (χ2n) is 9.00. The monoisotopic (exact) mass is 492 g/mol. The molecule has 4 nitrogen and oxygen atoms in total. The predicted octanol–water partition coefficient (Wildman–Crippen LogP) is 7.43. The number of carbonyl (C=O) groups is 2. The highest BCUT2D eigenvalue weighted by atomic mass is 32.2. The third-order valence-electron chi connectivity index (χ3n) is 6.55. The first-order valence-corrected chi connectivity index (χ1v) is 13.0. The molecule has 0 N–H and O–H groups in total. The van der Waals surface area contributed by atoms with Crippen LogP contribution in [0.5, 0.6) is 0 Å². The van der Waals surface area contributed by atoms with Gasteiger partial charge in [0.25, 0.3) is 11.1 Å². The maximum absolute atomic E-state index is 13.0. The SMILES string of the molecule is Cc1cc(/C=C2\SC(=O)N(CCCc3ccccc3)C2=O)c(C)n1-c1ccc(-c2ccccc2)cc1. The van der Waals surface area contributed by atoms with Gasteiger partial charge >= 0.3 is 0 Å². The average molecular weight is 493 g/mol. The fourth-order valence-electron chi connectivity index (χ4n) is 4.68. The minimum atomic E-state index is -0.199. The summed E-state index contributed by atoms with van der Waals surface area (Å²) in [6.45, 7) is 4.54. The summed E-state index contributed by atoms with van der Waals surface area (Å²) in [5, 5.41) is -0.190. The van der Waals surface area contributed by atoms with E-state index in [4.69, 9.17) is 0 Å². The van der Waals surface area contributed by atoms with Crippen LogP contribution in [0.15, 0.2) is 95.9 Å². The highest BCUT2D eigenvalue weighted by molar-refractivity contribution is 8.18. The topological polar surface area (TPSA) is 42.3 Å². The second kappa shape index (κ2) is 10.4. The minimum Gasteiger partial charge on any atom is -0.318 e. The molecule has 0 radical (unpaired) electrons. The predicted molar refractivity (Wildman–Crippen MR) is 148 cm³/mol. The van der Waals surface area contributed by atoms with Crippen LogP contribution < -0.4 is 0 Å². The Balaban J connectivity index is 1.32. The molecule has 5 heteroatoms. The molecule has 1 aliphatic heterocycles. The molecule has 5 rings (SSSR count). The molecule has 1 saturated heterocycles. The van der Waals surface area contributed by atoms with Gasteiger partial charge in [-0.25, -0.2) is 0 Å². The third-order valence-corrected chi connectivity index (χ3v) is 7.46. The molecule has 0 unspecified atom stereocenters. The second-order valence-corrected chi connectivity index (χ2v) is 9.99. The lowest BCUT2D eigenvalue weighted by Gasteiger charge is -2.12. The van der Waals surface area contributed by atoms with Crippen LogP contribution in [0.2, 0.25) is 0 Å². The number of aryl methyl sites for hydroxylation is 2. The molecule has 0 bridgehead atoms. The fourth-order valence-corrected chi connectivity index (χ4v) is 5.54. The largest absolute Gasteiger partial charge is 0.318 e. The van der Waals surface area contributed by atoms with E-state index in [-0.39, 0.29) is 11.1 Å². The number of hydrogen-bond acceptors (Lipinski definition) is 3. The first kappa shape index (κ1) is 23.9. The van der Waals surface area contributed by atoms with Crippen molar-refractivity contribution in [1.82, 2.24) is 9.47 Å². The first-order chi connectivity index (χ1) is 17.5. The molecule has 0 spiro atoms. The summed E-state index contributed by atoms with van der Waals surface area (Å²) in [7, 11) is 0. The van der Waals surface area contributed by atoms with Crippen molar-refractivity contribution in [1.29, 1.82) is 0 Å². The lowest BCUT2D eigenvalue weighted by molar-refractivity contribution is -0.122. The van der Waals surface area contributed by atoms with Crippen molar-refractivity contribution in [2.75, 3.05) is 6.54 Å². The van der Waals surface area contributed by atoms with E-state index < -0.39 is 0 Å². The van der Waals surface area contributed by atoms with E-state index in [9.17, 15) is 9.59 Å². The summed E-state index contributed by atoms with van der Waals surface area (Å²) in [5.41, 5.74) is 7.70. The van der Waals surface area contributed by atoms with Crippen molar-refractivity contribution < 1.29 is 9.59 Å². The number of imide groups is 1. The molecule has 0 aliphatic carbocycles. The Kier molecular flexibility index (Phi) is 6.92. The van der Waals surface area contributed by atoms with E-state index >= 15 is 0 Å². The van der Waals surface area contributed by atoms with Gasteiger partial charge in [0.2, 0.25) is 0 Å².